The third-order valence-electron chi connectivity index (χ3n) is 3.53. The van der Waals surface area contributed by atoms with Gasteiger partial charge in [-0.3, -0.25) is 0 Å². The van der Waals surface area contributed by atoms with E-state index in [0.717, 1.165) is 17.8 Å². The summed E-state index contributed by atoms with van der Waals surface area (Å²) in [6.45, 7) is 2.07. The molecule has 26 heavy (non-hydrogen) atoms. The average Bonchev–Trinajstić information content (AvgIpc) is 2.62. The third kappa shape index (κ3) is 4.27. The average molecular weight is 360 g/mol. The van der Waals surface area contributed by atoms with Crippen LogP contribution in [0.4, 0.5) is 19.1 Å². The molecule has 0 radical (unpaired) electrons. The van der Waals surface area contributed by atoms with Crippen molar-refractivity contribution >= 4 is 5.95 Å². The first kappa shape index (κ1) is 17.7. The fourth-order valence-corrected chi connectivity index (χ4v) is 2.20. The van der Waals surface area contributed by atoms with Crippen LogP contribution in [0.5, 0.6) is 11.6 Å². The molecule has 5 nitrogen and oxygen atoms in total. The van der Waals surface area contributed by atoms with Gasteiger partial charge in [0.25, 0.3) is 0 Å². The molecule has 3 aromatic rings. The molecule has 0 aliphatic rings. The van der Waals surface area contributed by atoms with E-state index in [1.807, 2.05) is 31.2 Å². The van der Waals surface area contributed by atoms with E-state index in [4.69, 9.17) is 4.74 Å². The summed E-state index contributed by atoms with van der Waals surface area (Å²) in [4.78, 5) is 11.5. The van der Waals surface area contributed by atoms with Crippen LogP contribution in [0, 0.1) is 6.92 Å². The molecule has 0 aliphatic heterocycles. The number of ether oxygens (including phenoxy) is 1. The van der Waals surface area contributed by atoms with Gasteiger partial charge in [0, 0.05) is 24.5 Å². The number of halogens is 3. The zero-order valence-corrected chi connectivity index (χ0v) is 13.8. The van der Waals surface area contributed by atoms with Crippen LogP contribution in [-0.2, 0) is 12.7 Å². The molecule has 1 aromatic carbocycles. The van der Waals surface area contributed by atoms with Gasteiger partial charge in [-0.05, 0) is 30.7 Å². The standard InChI is InChI=1S/C18H15F3N4O/c1-12-5-2-3-7-14(12)26-16-13(6-4-9-22-16)11-24-17-23-10-8-15(25-17)18(19,20)21/h2-10H,11H2,1H3,(H,23,24,25). The number of para-hydroxylation sites is 1. The number of aromatic nitrogens is 3. The Hall–Kier alpha value is -3.16. The fourth-order valence-electron chi connectivity index (χ4n) is 2.20. The molecule has 2 heterocycles. The summed E-state index contributed by atoms with van der Waals surface area (Å²) >= 11 is 0. The van der Waals surface area contributed by atoms with Crippen molar-refractivity contribution in [2.24, 2.45) is 0 Å². The van der Waals surface area contributed by atoms with Crippen LogP contribution in [0.15, 0.2) is 54.9 Å². The van der Waals surface area contributed by atoms with Gasteiger partial charge < -0.3 is 10.1 Å². The summed E-state index contributed by atoms with van der Waals surface area (Å²) in [5.41, 5.74) is 0.604. The number of nitrogens with zero attached hydrogens (tertiary/aromatic N) is 3. The zero-order chi connectivity index (χ0) is 18.6. The summed E-state index contributed by atoms with van der Waals surface area (Å²) < 4.78 is 44.0. The number of hydrogen-bond donors (Lipinski definition) is 1. The largest absolute Gasteiger partial charge is 0.438 e. The van der Waals surface area contributed by atoms with Gasteiger partial charge in [0.05, 0.1) is 0 Å². The van der Waals surface area contributed by atoms with Crippen LogP contribution >= 0.6 is 0 Å². The molecule has 0 saturated heterocycles. The number of rotatable bonds is 5. The lowest BCUT2D eigenvalue weighted by molar-refractivity contribution is -0.141. The van der Waals surface area contributed by atoms with Crippen molar-refractivity contribution in [3.63, 3.8) is 0 Å². The summed E-state index contributed by atoms with van der Waals surface area (Å²) in [6.07, 6.45) is -1.88. The molecule has 0 amide bonds. The Labute approximate surface area is 147 Å². The Bertz CT molecular complexity index is 899. The highest BCUT2D eigenvalue weighted by Gasteiger charge is 2.32. The lowest BCUT2D eigenvalue weighted by Gasteiger charge is -2.12. The molecule has 0 fully saturated rings. The van der Waals surface area contributed by atoms with Gasteiger partial charge in [0.1, 0.15) is 11.4 Å². The quantitative estimate of drug-likeness (QED) is 0.720. The van der Waals surface area contributed by atoms with Crippen molar-refractivity contribution in [3.05, 3.63) is 71.7 Å². The van der Waals surface area contributed by atoms with Crippen LogP contribution in [-0.4, -0.2) is 15.0 Å². The van der Waals surface area contributed by atoms with Gasteiger partial charge >= 0.3 is 6.18 Å². The van der Waals surface area contributed by atoms with Crippen LogP contribution < -0.4 is 10.1 Å². The number of aryl methyl sites for hydroxylation is 1. The first-order valence-electron chi connectivity index (χ1n) is 7.75. The van der Waals surface area contributed by atoms with Crippen molar-refractivity contribution in [2.75, 3.05) is 5.32 Å². The SMILES string of the molecule is Cc1ccccc1Oc1ncccc1CNc1nccc(C(F)(F)F)n1. The van der Waals surface area contributed by atoms with Crippen LogP contribution in [0.2, 0.25) is 0 Å². The maximum Gasteiger partial charge on any atom is 0.433 e. The lowest BCUT2D eigenvalue weighted by atomic mass is 10.2. The Morgan fingerprint density at radius 2 is 1.81 bits per heavy atom. The smallest absolute Gasteiger partial charge is 0.433 e. The van der Waals surface area contributed by atoms with Crippen molar-refractivity contribution < 1.29 is 17.9 Å². The van der Waals surface area contributed by atoms with E-state index in [1.54, 1.807) is 18.3 Å². The molecule has 0 aliphatic carbocycles. The summed E-state index contributed by atoms with van der Waals surface area (Å²) in [5, 5.41) is 2.77. The lowest BCUT2D eigenvalue weighted by Crippen LogP contribution is -2.12. The first-order chi connectivity index (χ1) is 12.4. The van der Waals surface area contributed by atoms with Crippen LogP contribution in [0.3, 0.4) is 0 Å². The number of nitrogens with one attached hydrogen (secondary N) is 1. The molecule has 0 unspecified atom stereocenters. The number of alkyl halides is 3. The molecule has 0 saturated carbocycles. The van der Waals surface area contributed by atoms with Gasteiger partial charge in [-0.25, -0.2) is 15.0 Å². The molecule has 1 N–H and O–H groups in total. The monoisotopic (exact) mass is 360 g/mol. The molecular weight excluding hydrogens is 345 g/mol. The highest BCUT2D eigenvalue weighted by Crippen LogP contribution is 2.28. The number of anilines is 1. The van der Waals surface area contributed by atoms with E-state index < -0.39 is 11.9 Å². The Morgan fingerprint density at radius 1 is 1.00 bits per heavy atom. The maximum atomic E-state index is 12.7. The number of benzene rings is 1. The van der Waals surface area contributed by atoms with Crippen LogP contribution in [0.25, 0.3) is 0 Å². The van der Waals surface area contributed by atoms with Gasteiger partial charge in [-0.15, -0.1) is 0 Å². The molecular formula is C18H15F3N4O. The number of hydrogen-bond acceptors (Lipinski definition) is 5. The van der Waals surface area contributed by atoms with E-state index in [2.05, 4.69) is 20.3 Å². The van der Waals surface area contributed by atoms with Crippen molar-refractivity contribution in [2.45, 2.75) is 19.6 Å². The summed E-state index contributed by atoms with van der Waals surface area (Å²) in [7, 11) is 0. The first-order valence-corrected chi connectivity index (χ1v) is 7.75. The Morgan fingerprint density at radius 3 is 2.58 bits per heavy atom. The summed E-state index contributed by atoms with van der Waals surface area (Å²) in [5.74, 6) is 0.898. The predicted molar refractivity (Wildman–Crippen MR) is 89.9 cm³/mol. The minimum Gasteiger partial charge on any atom is -0.438 e. The topological polar surface area (TPSA) is 59.9 Å². The number of pyridine rings is 1. The second kappa shape index (κ2) is 7.38. The molecule has 3 rings (SSSR count). The van der Waals surface area contributed by atoms with Gasteiger partial charge in [0.15, 0.2) is 0 Å². The van der Waals surface area contributed by atoms with E-state index in [1.165, 1.54) is 0 Å². The highest BCUT2D eigenvalue weighted by atomic mass is 19.4. The Balaban J connectivity index is 1.76. The van der Waals surface area contributed by atoms with E-state index in [-0.39, 0.29) is 12.5 Å². The second-order valence-electron chi connectivity index (χ2n) is 5.45. The molecule has 2 aromatic heterocycles. The zero-order valence-electron chi connectivity index (χ0n) is 13.8. The van der Waals surface area contributed by atoms with Crippen molar-refractivity contribution in [1.82, 2.24) is 15.0 Å². The van der Waals surface area contributed by atoms with Gasteiger partial charge in [-0.1, -0.05) is 24.3 Å². The van der Waals surface area contributed by atoms with E-state index in [9.17, 15) is 13.2 Å². The normalized spacial score (nSPS) is 11.2. The maximum absolute atomic E-state index is 12.7. The fraction of sp³-hybridized carbons (Fsp3) is 0.167. The minimum atomic E-state index is -4.52. The van der Waals surface area contributed by atoms with Crippen molar-refractivity contribution in [1.29, 1.82) is 0 Å². The highest BCUT2D eigenvalue weighted by molar-refractivity contribution is 5.38. The predicted octanol–water partition coefficient (Wildman–Crippen LogP) is 4.60. The van der Waals surface area contributed by atoms with Crippen molar-refractivity contribution in [3.8, 4) is 11.6 Å². The molecule has 0 bridgehead atoms. The molecule has 134 valence electrons. The Kier molecular flexibility index (Phi) is 5.01. The van der Waals surface area contributed by atoms with E-state index >= 15 is 0 Å². The van der Waals surface area contributed by atoms with Gasteiger partial charge in [-0.2, -0.15) is 13.2 Å². The molecule has 8 heteroatoms. The minimum absolute atomic E-state index is 0.120. The summed E-state index contributed by atoms with van der Waals surface area (Å²) in [6, 6.07) is 11.8. The third-order valence-corrected chi connectivity index (χ3v) is 3.53. The van der Waals surface area contributed by atoms with Gasteiger partial charge in [0.2, 0.25) is 11.8 Å². The second-order valence-corrected chi connectivity index (χ2v) is 5.45. The molecule has 0 atom stereocenters. The molecule has 0 spiro atoms. The van der Waals surface area contributed by atoms with E-state index in [0.29, 0.717) is 17.2 Å². The van der Waals surface area contributed by atoms with Crippen LogP contribution in [0.1, 0.15) is 16.8 Å².